The molecule has 3 N–H and O–H groups in total. The van der Waals surface area contributed by atoms with Gasteiger partial charge in [0.2, 0.25) is 0 Å². The average Bonchev–Trinajstić information content (AvgIpc) is 3.23. The Balaban J connectivity index is 2.21. The number of furan rings is 1. The Kier molecular flexibility index (Phi) is 4.96. The lowest BCUT2D eigenvalue weighted by Gasteiger charge is -2.08. The van der Waals surface area contributed by atoms with Gasteiger partial charge in [0.15, 0.2) is 11.5 Å². The molecule has 0 saturated carbocycles. The number of carbonyl (C=O) groups excluding carboxylic acids is 1. The van der Waals surface area contributed by atoms with Crippen LogP contribution < -0.4 is 0 Å². The first-order valence-corrected chi connectivity index (χ1v) is 8.62. The van der Waals surface area contributed by atoms with E-state index < -0.39 is 0 Å². The van der Waals surface area contributed by atoms with Crippen molar-refractivity contribution in [2.75, 3.05) is 0 Å². The number of rotatable bonds is 5. The van der Waals surface area contributed by atoms with Crippen LogP contribution in [0.2, 0.25) is 0 Å². The number of fused-ring (bicyclic) bond motifs is 1. The van der Waals surface area contributed by atoms with Crippen molar-refractivity contribution in [1.82, 2.24) is 4.57 Å². The molecule has 0 atom stereocenters. The molecule has 0 fully saturated rings. The van der Waals surface area contributed by atoms with E-state index >= 15 is 0 Å². The van der Waals surface area contributed by atoms with E-state index in [4.69, 9.17) is 14.8 Å². The summed E-state index contributed by atoms with van der Waals surface area (Å²) in [4.78, 5) is 12.2. The number of aromatic hydroxyl groups is 1. The monoisotopic (exact) mass is 383 g/mol. The van der Waals surface area contributed by atoms with Crippen molar-refractivity contribution < 1.29 is 24.7 Å². The fourth-order valence-electron chi connectivity index (χ4n) is 3.37. The van der Waals surface area contributed by atoms with Crippen molar-refractivity contribution in [3.8, 4) is 5.75 Å². The van der Waals surface area contributed by atoms with Gasteiger partial charge in [-0.05, 0) is 52.0 Å². The Morgan fingerprint density at radius 3 is 2.39 bits per heavy atom. The minimum atomic E-state index is -0.121. The van der Waals surface area contributed by atoms with Gasteiger partial charge in [-0.3, -0.25) is 4.79 Å². The second-order valence-electron chi connectivity index (χ2n) is 6.63. The van der Waals surface area contributed by atoms with Crippen molar-refractivity contribution in [3.63, 3.8) is 0 Å². The molecule has 0 bridgehead atoms. The maximum absolute atomic E-state index is 12.2. The molecule has 2 heterocycles. The van der Waals surface area contributed by atoms with Gasteiger partial charge in [0.25, 0.3) is 0 Å². The van der Waals surface area contributed by atoms with E-state index in [2.05, 4.69) is 10.3 Å². The SMILES string of the molecule is CC(=O)c1c(C)n(Cc2ccc(/C(C)=N/O)o2)c2cc(/C(C)=N/O)c(O)cc12. The lowest BCUT2D eigenvalue weighted by Crippen LogP contribution is -2.03. The molecule has 0 unspecified atom stereocenters. The van der Waals surface area contributed by atoms with Crippen molar-refractivity contribution >= 4 is 28.1 Å². The number of carbonyl (C=O) groups is 1. The number of ketones is 1. The predicted octanol–water partition coefficient (Wildman–Crippen LogP) is 3.90. The molecule has 146 valence electrons. The average molecular weight is 383 g/mol. The van der Waals surface area contributed by atoms with E-state index in [1.165, 1.54) is 13.0 Å². The first kappa shape index (κ1) is 19.2. The maximum atomic E-state index is 12.2. The second-order valence-corrected chi connectivity index (χ2v) is 6.63. The third-order valence-corrected chi connectivity index (χ3v) is 4.81. The third kappa shape index (κ3) is 3.13. The molecule has 0 radical (unpaired) electrons. The highest BCUT2D eigenvalue weighted by Crippen LogP contribution is 2.33. The highest BCUT2D eigenvalue weighted by Gasteiger charge is 2.21. The Morgan fingerprint density at radius 1 is 1.11 bits per heavy atom. The van der Waals surface area contributed by atoms with Crippen LogP contribution in [-0.2, 0) is 6.54 Å². The molecule has 28 heavy (non-hydrogen) atoms. The number of hydrogen-bond donors (Lipinski definition) is 3. The van der Waals surface area contributed by atoms with Crippen LogP contribution in [0.25, 0.3) is 10.9 Å². The highest BCUT2D eigenvalue weighted by atomic mass is 16.4. The topological polar surface area (TPSA) is 121 Å². The van der Waals surface area contributed by atoms with Gasteiger partial charge in [0.05, 0.1) is 17.8 Å². The van der Waals surface area contributed by atoms with Gasteiger partial charge in [0, 0.05) is 22.2 Å². The number of aromatic nitrogens is 1. The zero-order chi connectivity index (χ0) is 20.6. The number of hydrogen-bond acceptors (Lipinski definition) is 7. The van der Waals surface area contributed by atoms with Gasteiger partial charge in [-0.15, -0.1) is 0 Å². The van der Waals surface area contributed by atoms with Crippen molar-refractivity contribution in [1.29, 1.82) is 0 Å². The molecule has 0 amide bonds. The number of phenolic OH excluding ortho intramolecular Hbond substituents is 1. The Hall–Kier alpha value is -3.55. The van der Waals surface area contributed by atoms with E-state index in [-0.39, 0.29) is 17.2 Å². The van der Waals surface area contributed by atoms with Crippen LogP contribution in [0.15, 0.2) is 39.0 Å². The number of phenols is 1. The Labute approximate surface area is 161 Å². The Morgan fingerprint density at radius 2 is 1.79 bits per heavy atom. The van der Waals surface area contributed by atoms with Crippen LogP contribution in [-0.4, -0.2) is 37.3 Å². The zero-order valence-electron chi connectivity index (χ0n) is 16.0. The fraction of sp³-hybridized carbons (Fsp3) is 0.250. The second kappa shape index (κ2) is 7.22. The highest BCUT2D eigenvalue weighted by molar-refractivity contribution is 6.11. The summed E-state index contributed by atoms with van der Waals surface area (Å²) >= 11 is 0. The van der Waals surface area contributed by atoms with Gasteiger partial charge in [0.1, 0.15) is 17.2 Å². The summed E-state index contributed by atoms with van der Waals surface area (Å²) < 4.78 is 7.62. The molecule has 0 aliphatic carbocycles. The summed E-state index contributed by atoms with van der Waals surface area (Å²) in [5.74, 6) is 0.858. The lowest BCUT2D eigenvalue weighted by atomic mass is 10.0. The normalized spacial score (nSPS) is 12.7. The molecule has 3 aromatic rings. The zero-order valence-corrected chi connectivity index (χ0v) is 16.0. The minimum absolute atomic E-state index is 0.0717. The van der Waals surface area contributed by atoms with E-state index in [0.29, 0.717) is 45.8 Å². The molecule has 0 spiro atoms. The van der Waals surface area contributed by atoms with Crippen LogP contribution in [0.5, 0.6) is 5.75 Å². The lowest BCUT2D eigenvalue weighted by molar-refractivity contribution is 0.101. The van der Waals surface area contributed by atoms with Gasteiger partial charge in [-0.25, -0.2) is 0 Å². The number of Topliss-reactive ketones (excluding diaryl/α,β-unsaturated/α-hetero) is 1. The van der Waals surface area contributed by atoms with E-state index in [1.807, 2.05) is 11.5 Å². The molecule has 0 aliphatic rings. The molecule has 8 heteroatoms. The number of oxime groups is 2. The summed E-state index contributed by atoms with van der Waals surface area (Å²) in [6, 6.07) is 6.67. The Bertz CT molecular complexity index is 1130. The standard InChI is InChI=1S/C20H21N3O5/c1-10(21-26)15-7-17-16(8-18(15)25)20(13(4)24)12(3)23(17)9-14-5-6-19(28-14)11(2)22-27/h5-8,25-27H,9H2,1-4H3/b21-10+,22-11+. The number of benzene rings is 1. The van der Waals surface area contributed by atoms with E-state index in [9.17, 15) is 9.90 Å². The first-order chi connectivity index (χ1) is 13.3. The molecular formula is C20H21N3O5. The van der Waals surface area contributed by atoms with Crippen LogP contribution in [0.3, 0.4) is 0 Å². The first-order valence-electron chi connectivity index (χ1n) is 8.62. The minimum Gasteiger partial charge on any atom is -0.507 e. The summed E-state index contributed by atoms with van der Waals surface area (Å²) in [6.07, 6.45) is 0. The quantitative estimate of drug-likeness (QED) is 0.267. The van der Waals surface area contributed by atoms with Gasteiger partial charge in [-0.2, -0.15) is 0 Å². The molecule has 8 nitrogen and oxygen atoms in total. The van der Waals surface area contributed by atoms with Crippen molar-refractivity contribution in [3.05, 3.63) is 52.6 Å². The fourth-order valence-corrected chi connectivity index (χ4v) is 3.37. The van der Waals surface area contributed by atoms with Crippen molar-refractivity contribution in [2.24, 2.45) is 10.3 Å². The summed E-state index contributed by atoms with van der Waals surface area (Å²) in [7, 11) is 0. The molecular weight excluding hydrogens is 362 g/mol. The smallest absolute Gasteiger partial charge is 0.162 e. The molecule has 1 aromatic carbocycles. The van der Waals surface area contributed by atoms with Crippen LogP contribution in [0.1, 0.15) is 53.9 Å². The third-order valence-electron chi connectivity index (χ3n) is 4.81. The van der Waals surface area contributed by atoms with Gasteiger partial charge < -0.3 is 24.5 Å². The number of nitrogens with zero attached hydrogens (tertiary/aromatic N) is 3. The van der Waals surface area contributed by atoms with E-state index in [0.717, 1.165) is 5.69 Å². The van der Waals surface area contributed by atoms with E-state index in [1.54, 1.807) is 32.0 Å². The largest absolute Gasteiger partial charge is 0.507 e. The molecule has 2 aromatic heterocycles. The van der Waals surface area contributed by atoms with Gasteiger partial charge >= 0.3 is 0 Å². The van der Waals surface area contributed by atoms with Crippen LogP contribution >= 0.6 is 0 Å². The molecule has 0 saturated heterocycles. The van der Waals surface area contributed by atoms with Crippen LogP contribution in [0.4, 0.5) is 0 Å². The van der Waals surface area contributed by atoms with Crippen molar-refractivity contribution in [2.45, 2.75) is 34.2 Å². The molecule has 3 rings (SSSR count). The van der Waals surface area contributed by atoms with Crippen LogP contribution in [0, 0.1) is 6.92 Å². The summed E-state index contributed by atoms with van der Waals surface area (Å²) in [5, 5.41) is 35.2. The predicted molar refractivity (Wildman–Crippen MR) is 104 cm³/mol. The summed E-state index contributed by atoms with van der Waals surface area (Å²) in [6.45, 7) is 6.82. The molecule has 0 aliphatic heterocycles. The van der Waals surface area contributed by atoms with Gasteiger partial charge in [-0.1, -0.05) is 10.3 Å². The summed E-state index contributed by atoms with van der Waals surface area (Å²) in [5.41, 5.74) is 2.91. The maximum Gasteiger partial charge on any atom is 0.162 e.